The molecule has 4 heterocycles. The molecule has 0 saturated carbocycles. The quantitative estimate of drug-likeness (QED) is 0.285. The molecule has 0 saturated heterocycles. The van der Waals surface area contributed by atoms with Gasteiger partial charge in [0.1, 0.15) is 22.6 Å². The molecule has 0 fully saturated rings. The SMILES string of the molecule is Cc1cc2oc(=O)cc(C)c2c2c1[nH]c1c3c(ccc12)C1(C(=O)Nc2ccccc21)C(C#N)=C(N)O3. The first-order valence-electron chi connectivity index (χ1n) is 11.4. The molecule has 2 aliphatic rings. The van der Waals surface area contributed by atoms with Crippen molar-refractivity contribution in [2.45, 2.75) is 19.3 Å². The summed E-state index contributed by atoms with van der Waals surface area (Å²) in [4.78, 5) is 29.1. The van der Waals surface area contributed by atoms with E-state index >= 15 is 0 Å². The highest BCUT2D eigenvalue weighted by Gasteiger charge is 2.56. The van der Waals surface area contributed by atoms with Crippen molar-refractivity contribution in [3.05, 3.63) is 92.7 Å². The third-order valence-corrected chi connectivity index (χ3v) is 7.37. The number of aromatic amines is 1. The number of anilines is 1. The molecule has 8 nitrogen and oxygen atoms in total. The van der Waals surface area contributed by atoms with Crippen LogP contribution in [0.15, 0.2) is 69.2 Å². The van der Waals surface area contributed by atoms with Crippen molar-refractivity contribution in [3.63, 3.8) is 0 Å². The highest BCUT2D eigenvalue weighted by atomic mass is 16.5. The zero-order chi connectivity index (χ0) is 24.9. The van der Waals surface area contributed by atoms with E-state index in [0.717, 1.165) is 32.8 Å². The molecule has 4 N–H and O–H groups in total. The molecule has 2 aromatic heterocycles. The Balaban J connectivity index is 1.66. The van der Waals surface area contributed by atoms with Gasteiger partial charge in [0.2, 0.25) is 11.8 Å². The summed E-state index contributed by atoms with van der Waals surface area (Å²) in [6, 6.07) is 16.4. The third kappa shape index (κ3) is 2.22. The van der Waals surface area contributed by atoms with E-state index in [1.54, 1.807) is 6.07 Å². The predicted octanol–water partition coefficient (Wildman–Crippen LogP) is 4.37. The maximum Gasteiger partial charge on any atom is 0.336 e. The van der Waals surface area contributed by atoms with Crippen LogP contribution in [-0.2, 0) is 10.2 Å². The van der Waals surface area contributed by atoms with Crippen molar-refractivity contribution in [1.82, 2.24) is 4.98 Å². The lowest BCUT2D eigenvalue weighted by Gasteiger charge is -2.33. The zero-order valence-corrected chi connectivity index (χ0v) is 19.3. The Bertz CT molecular complexity index is 1990. The van der Waals surface area contributed by atoms with Crippen LogP contribution in [0.3, 0.4) is 0 Å². The molecule has 174 valence electrons. The second kappa shape index (κ2) is 6.55. The minimum Gasteiger partial charge on any atom is -0.438 e. The number of benzene rings is 3. The molecule has 0 bridgehead atoms. The minimum atomic E-state index is -1.44. The summed E-state index contributed by atoms with van der Waals surface area (Å²) in [5.74, 6) is -0.0936. The normalized spacial score (nSPS) is 18.4. The van der Waals surface area contributed by atoms with Crippen molar-refractivity contribution >= 4 is 44.4 Å². The monoisotopic (exact) mass is 474 g/mol. The van der Waals surface area contributed by atoms with Gasteiger partial charge in [-0.05, 0) is 37.1 Å². The molecule has 5 aromatic rings. The lowest BCUT2D eigenvalue weighted by Crippen LogP contribution is -2.42. The molecule has 1 amide bonds. The van der Waals surface area contributed by atoms with Gasteiger partial charge in [-0.2, -0.15) is 5.26 Å². The summed E-state index contributed by atoms with van der Waals surface area (Å²) >= 11 is 0. The minimum absolute atomic E-state index is 0.0483. The van der Waals surface area contributed by atoms with Crippen LogP contribution >= 0.6 is 0 Å². The molecule has 1 atom stereocenters. The lowest BCUT2D eigenvalue weighted by atomic mass is 9.68. The van der Waals surface area contributed by atoms with Crippen LogP contribution in [0.1, 0.15) is 22.3 Å². The molecule has 36 heavy (non-hydrogen) atoms. The number of nitrogens with one attached hydrogen (secondary N) is 2. The fourth-order valence-corrected chi connectivity index (χ4v) is 5.91. The Morgan fingerprint density at radius 1 is 0.972 bits per heavy atom. The van der Waals surface area contributed by atoms with Gasteiger partial charge in [0.25, 0.3) is 0 Å². The van der Waals surface area contributed by atoms with Crippen LogP contribution in [0.2, 0.25) is 0 Å². The number of H-pyrrole nitrogens is 1. The molecule has 1 unspecified atom stereocenters. The van der Waals surface area contributed by atoms with Crippen LogP contribution in [-0.4, -0.2) is 10.9 Å². The van der Waals surface area contributed by atoms with E-state index in [1.807, 2.05) is 50.2 Å². The van der Waals surface area contributed by atoms with E-state index in [9.17, 15) is 14.9 Å². The van der Waals surface area contributed by atoms with Gasteiger partial charge >= 0.3 is 5.63 Å². The first kappa shape index (κ1) is 20.4. The molecule has 7 rings (SSSR count). The number of nitrogens with two attached hydrogens (primary N) is 1. The average molecular weight is 474 g/mol. The predicted molar refractivity (Wildman–Crippen MR) is 135 cm³/mol. The molecule has 2 aliphatic heterocycles. The maximum absolute atomic E-state index is 13.6. The molecule has 8 heteroatoms. The number of amides is 1. The average Bonchev–Trinajstić information content (AvgIpc) is 3.36. The number of aromatic nitrogens is 1. The number of hydrogen-bond acceptors (Lipinski definition) is 6. The van der Waals surface area contributed by atoms with Gasteiger partial charge in [-0.3, -0.25) is 4.79 Å². The zero-order valence-electron chi connectivity index (χ0n) is 19.3. The van der Waals surface area contributed by atoms with Crippen molar-refractivity contribution < 1.29 is 13.9 Å². The number of carbonyl (C=O) groups is 1. The summed E-state index contributed by atoms with van der Waals surface area (Å²) in [7, 11) is 0. The molecular formula is C28H18N4O4. The van der Waals surface area contributed by atoms with Crippen LogP contribution in [0, 0.1) is 25.2 Å². The van der Waals surface area contributed by atoms with Gasteiger partial charge in [0.05, 0.1) is 11.0 Å². The fourth-order valence-electron chi connectivity index (χ4n) is 5.91. The maximum atomic E-state index is 13.6. The molecule has 0 radical (unpaired) electrons. The van der Waals surface area contributed by atoms with Gasteiger partial charge in [0.15, 0.2) is 5.75 Å². The Kier molecular flexibility index (Phi) is 3.70. The van der Waals surface area contributed by atoms with Crippen molar-refractivity contribution in [3.8, 4) is 11.8 Å². The summed E-state index contributed by atoms with van der Waals surface area (Å²) < 4.78 is 11.6. The number of nitriles is 1. The van der Waals surface area contributed by atoms with Gasteiger partial charge < -0.3 is 25.2 Å². The number of rotatable bonds is 0. The van der Waals surface area contributed by atoms with E-state index in [0.29, 0.717) is 33.7 Å². The first-order chi connectivity index (χ1) is 17.4. The van der Waals surface area contributed by atoms with Crippen molar-refractivity contribution in [2.24, 2.45) is 5.73 Å². The van der Waals surface area contributed by atoms with E-state index in [1.165, 1.54) is 6.07 Å². The number of aryl methyl sites for hydroxylation is 2. The summed E-state index contributed by atoms with van der Waals surface area (Å²) in [5.41, 5.74) is 9.98. The van der Waals surface area contributed by atoms with E-state index in [-0.39, 0.29) is 17.4 Å². The van der Waals surface area contributed by atoms with Crippen LogP contribution in [0.5, 0.6) is 5.75 Å². The number of ether oxygens (including phenoxy) is 1. The van der Waals surface area contributed by atoms with Crippen LogP contribution in [0.25, 0.3) is 32.8 Å². The van der Waals surface area contributed by atoms with E-state index in [2.05, 4.69) is 16.4 Å². The van der Waals surface area contributed by atoms with Crippen LogP contribution < -0.4 is 21.4 Å². The second-order valence-corrected chi connectivity index (χ2v) is 9.26. The number of nitrogens with zero attached hydrogens (tertiary/aromatic N) is 1. The van der Waals surface area contributed by atoms with Crippen molar-refractivity contribution in [2.75, 3.05) is 5.32 Å². The van der Waals surface area contributed by atoms with E-state index in [4.69, 9.17) is 14.9 Å². The number of para-hydroxylation sites is 1. The summed E-state index contributed by atoms with van der Waals surface area (Å²) in [5, 5.41) is 15.5. The van der Waals surface area contributed by atoms with Crippen LogP contribution in [0.4, 0.5) is 5.69 Å². The smallest absolute Gasteiger partial charge is 0.336 e. The second-order valence-electron chi connectivity index (χ2n) is 9.26. The summed E-state index contributed by atoms with van der Waals surface area (Å²) in [6.45, 7) is 3.80. The Labute approximate surface area is 203 Å². The largest absolute Gasteiger partial charge is 0.438 e. The first-order valence-corrected chi connectivity index (χ1v) is 11.4. The van der Waals surface area contributed by atoms with Crippen molar-refractivity contribution in [1.29, 1.82) is 5.26 Å². The lowest BCUT2D eigenvalue weighted by molar-refractivity contribution is -0.118. The Morgan fingerprint density at radius 2 is 1.78 bits per heavy atom. The van der Waals surface area contributed by atoms with E-state index < -0.39 is 11.0 Å². The third-order valence-electron chi connectivity index (χ3n) is 7.37. The van der Waals surface area contributed by atoms with Gasteiger partial charge in [-0.1, -0.05) is 30.3 Å². The van der Waals surface area contributed by atoms with Gasteiger partial charge in [0, 0.05) is 39.0 Å². The fraction of sp³-hybridized carbons (Fsp3) is 0.107. The highest BCUT2D eigenvalue weighted by Crippen LogP contribution is 2.55. The number of carbonyl (C=O) groups excluding carboxylic acids is 1. The number of hydrogen-bond donors (Lipinski definition) is 3. The number of fused-ring (bicyclic) bond motifs is 10. The molecule has 3 aromatic carbocycles. The standard InChI is InChI=1S/C28H18N4O4/c1-12-10-20(33)35-19-9-13(2)23-22(21(12)19)14-7-8-16-25(24(14)32-23)36-26(30)17(11-29)28(16)15-5-3-4-6-18(15)31-27(28)34/h3-10,32H,30H2,1-2H3,(H,31,34). The highest BCUT2D eigenvalue weighted by molar-refractivity contribution is 6.23. The topological polar surface area (TPSA) is 134 Å². The van der Waals surface area contributed by atoms with Gasteiger partial charge in [-0.25, -0.2) is 4.79 Å². The Morgan fingerprint density at radius 3 is 2.58 bits per heavy atom. The summed E-state index contributed by atoms with van der Waals surface area (Å²) in [6.07, 6.45) is 0. The molecule has 0 aliphatic carbocycles. The Hall–Kier alpha value is -5.03. The molecule has 1 spiro atoms. The molecular weight excluding hydrogens is 456 g/mol. The van der Waals surface area contributed by atoms with Gasteiger partial charge in [-0.15, -0.1) is 0 Å².